The summed E-state index contributed by atoms with van der Waals surface area (Å²) in [6.07, 6.45) is 0. The second-order valence-electron chi connectivity index (χ2n) is 21.5. The van der Waals surface area contributed by atoms with Crippen LogP contribution in [0, 0.1) is 0 Å². The van der Waals surface area contributed by atoms with E-state index in [-0.39, 0.29) is 0 Å². The van der Waals surface area contributed by atoms with Crippen molar-refractivity contribution in [3.8, 4) is 79.2 Å². The third-order valence-corrected chi connectivity index (χ3v) is 26.0. The Kier molecular flexibility index (Phi) is 14.7. The van der Waals surface area contributed by atoms with Crippen LogP contribution >= 0.6 is 0 Å². The van der Waals surface area contributed by atoms with Gasteiger partial charge < -0.3 is 0 Å². The van der Waals surface area contributed by atoms with Crippen molar-refractivity contribution >= 4 is 57.6 Å². The van der Waals surface area contributed by atoms with Gasteiger partial charge in [0, 0.05) is 33.4 Å². The van der Waals surface area contributed by atoms with Gasteiger partial charge >= 0.3 is 0 Å². The molecule has 14 aromatic rings. The van der Waals surface area contributed by atoms with Gasteiger partial charge in [-0.3, -0.25) is 0 Å². The summed E-state index contributed by atoms with van der Waals surface area (Å²) < 4.78 is 0. The molecule has 0 atom stereocenters. The molecular weight excluding hydrogens is 1080 g/mol. The fourth-order valence-electron chi connectivity index (χ4n) is 12.4. The van der Waals surface area contributed by atoms with E-state index in [0.29, 0.717) is 23.3 Å². The fourth-order valence-corrected chi connectivity index (χ4v) is 22.0. The lowest BCUT2D eigenvalue weighted by molar-refractivity contribution is 1.07. The predicted molar refractivity (Wildman–Crippen MR) is 361 cm³/mol. The molecule has 7 heteroatoms. The minimum absolute atomic E-state index is 0.583. The van der Waals surface area contributed by atoms with E-state index >= 15 is 0 Å². The van der Waals surface area contributed by atoms with Crippen molar-refractivity contribution < 1.29 is 0 Å². The summed E-state index contributed by atoms with van der Waals surface area (Å²) in [5.41, 5.74) is 9.36. The maximum atomic E-state index is 5.47. The maximum absolute atomic E-state index is 5.47. The average molecular weight is 1130 g/mol. The van der Waals surface area contributed by atoms with E-state index in [1.54, 1.807) is 0 Å². The van der Waals surface area contributed by atoms with Crippen LogP contribution in [0.15, 0.2) is 346 Å². The summed E-state index contributed by atoms with van der Waals surface area (Å²) in [6, 6.07) is 124. The number of aromatic nitrogens is 5. The van der Waals surface area contributed by atoms with Crippen LogP contribution in [0.5, 0.6) is 0 Å². The second kappa shape index (κ2) is 23.8. The zero-order valence-corrected chi connectivity index (χ0v) is 49.1. The highest BCUT2D eigenvalue weighted by Crippen LogP contribution is 2.33. The van der Waals surface area contributed by atoms with Gasteiger partial charge in [-0.1, -0.05) is 328 Å². The average Bonchev–Trinajstić information content (AvgIpc) is 0.936. The van der Waals surface area contributed by atoms with Gasteiger partial charge in [0.25, 0.3) is 0 Å². The summed E-state index contributed by atoms with van der Waals surface area (Å²) in [5.74, 6) is 2.43. The minimum Gasteiger partial charge on any atom is -0.228 e. The van der Waals surface area contributed by atoms with Gasteiger partial charge in [-0.05, 0) is 70.8 Å². The largest absolute Gasteiger partial charge is 0.228 e. The molecule has 0 aliphatic carbocycles. The van der Waals surface area contributed by atoms with Crippen molar-refractivity contribution in [1.29, 1.82) is 0 Å². The molecule has 0 aliphatic heterocycles. The lowest BCUT2D eigenvalue weighted by atomic mass is 10.00. The second-order valence-corrected chi connectivity index (χ2v) is 29.1. The molecule has 2 aromatic heterocycles. The van der Waals surface area contributed by atoms with Crippen LogP contribution in [0.25, 0.3) is 79.2 Å². The molecule has 5 nitrogen and oxygen atoms in total. The molecule has 12 aromatic carbocycles. The lowest BCUT2D eigenvalue weighted by Gasteiger charge is -2.34. The highest BCUT2D eigenvalue weighted by Gasteiger charge is 2.43. The molecule has 406 valence electrons. The summed E-state index contributed by atoms with van der Waals surface area (Å²) in [6.45, 7) is 0. The smallest absolute Gasteiger partial charge is 0.179 e. The van der Waals surface area contributed by atoms with Gasteiger partial charge in [-0.2, -0.15) is 0 Å². The van der Waals surface area contributed by atoms with Gasteiger partial charge in [-0.25, -0.2) is 24.9 Å². The van der Waals surface area contributed by atoms with E-state index in [9.17, 15) is 0 Å². The SMILES string of the molecule is c1ccc(-c2cc(-c3cccc([Si](c4ccccc4)(c4ccccc4)c4ccccc4)c3)nc(-c3cccc(-c4cccc(-c5nc(-c6ccccc6)nc(-c6cccc([Si](c7ccccc7)(c7ccccc7)c7ccccc7)c6)n5)c4)c3)n2)cc1. The fraction of sp³-hybridized carbons (Fsp3) is 0. The molecule has 0 N–H and O–H groups in total. The quantitative estimate of drug-likeness (QED) is 0.0756. The molecule has 14 rings (SSSR count). The van der Waals surface area contributed by atoms with Crippen molar-refractivity contribution in [3.05, 3.63) is 346 Å². The van der Waals surface area contributed by atoms with Gasteiger partial charge in [0.1, 0.15) is 0 Å². The zero-order valence-electron chi connectivity index (χ0n) is 47.1. The first-order valence-electron chi connectivity index (χ1n) is 29.1. The Morgan fingerprint density at radius 2 is 0.384 bits per heavy atom. The van der Waals surface area contributed by atoms with E-state index in [1.807, 2.05) is 24.3 Å². The first kappa shape index (κ1) is 53.2. The van der Waals surface area contributed by atoms with E-state index in [4.69, 9.17) is 24.9 Å². The van der Waals surface area contributed by atoms with Crippen LogP contribution in [0.2, 0.25) is 0 Å². The Labute approximate surface area is 504 Å². The highest BCUT2D eigenvalue weighted by molar-refractivity contribution is 7.20. The Morgan fingerprint density at radius 1 is 0.151 bits per heavy atom. The predicted octanol–water partition coefficient (Wildman–Crippen LogP) is 13.1. The standard InChI is InChI=1S/C79H57N5Si2/c1-9-29-58(30-10-1)74-57-75(62-35-27-51-72(55-62)85(66-39-13-3-14-40-66,67-41-15-4-16-42-67)68-43-17-5-18-44-68)81-77(80-74)63-36-25-33-60(53-63)61-34-26-37-64(54-61)78-82-76(59-31-11-2-12-32-59)83-79(84-78)65-38-28-52-73(56-65)86(69-45-19-6-20-46-69,70-47-21-7-22-48-70)71-49-23-8-24-50-71/h1-57H. The molecule has 0 bridgehead atoms. The minimum atomic E-state index is -2.86. The van der Waals surface area contributed by atoms with Crippen LogP contribution < -0.4 is 41.5 Å². The molecule has 0 radical (unpaired) electrons. The van der Waals surface area contributed by atoms with Crippen molar-refractivity contribution in [1.82, 2.24) is 24.9 Å². The normalized spacial score (nSPS) is 11.5. The first-order valence-corrected chi connectivity index (χ1v) is 33.1. The molecule has 0 spiro atoms. The van der Waals surface area contributed by atoms with Crippen LogP contribution in [-0.4, -0.2) is 41.1 Å². The van der Waals surface area contributed by atoms with Gasteiger partial charge in [0.05, 0.1) is 11.4 Å². The van der Waals surface area contributed by atoms with E-state index in [2.05, 4.69) is 322 Å². The van der Waals surface area contributed by atoms with Gasteiger partial charge in [-0.15, -0.1) is 0 Å². The summed E-state index contributed by atoms with van der Waals surface area (Å²) in [5, 5.41) is 10.4. The zero-order chi connectivity index (χ0) is 57.5. The Bertz CT molecular complexity index is 4120. The molecule has 0 amide bonds. The van der Waals surface area contributed by atoms with Crippen LogP contribution in [0.3, 0.4) is 0 Å². The van der Waals surface area contributed by atoms with Crippen molar-refractivity contribution in [2.75, 3.05) is 0 Å². The lowest BCUT2D eigenvalue weighted by Crippen LogP contribution is -2.74. The van der Waals surface area contributed by atoms with Gasteiger partial charge in [0.15, 0.2) is 39.4 Å². The van der Waals surface area contributed by atoms with Gasteiger partial charge in [0.2, 0.25) is 0 Å². The Balaban J connectivity index is 0.872. The van der Waals surface area contributed by atoms with E-state index < -0.39 is 16.1 Å². The van der Waals surface area contributed by atoms with Crippen molar-refractivity contribution in [3.63, 3.8) is 0 Å². The number of benzene rings is 12. The molecule has 0 unspecified atom stereocenters. The summed E-state index contributed by atoms with van der Waals surface area (Å²) in [4.78, 5) is 26.7. The molecule has 0 saturated carbocycles. The third kappa shape index (κ3) is 10.2. The Morgan fingerprint density at radius 3 is 0.756 bits per heavy atom. The molecule has 0 saturated heterocycles. The molecule has 0 aliphatic rings. The molecule has 86 heavy (non-hydrogen) atoms. The van der Waals surface area contributed by atoms with Crippen LogP contribution in [0.4, 0.5) is 0 Å². The van der Waals surface area contributed by atoms with Crippen LogP contribution in [0.1, 0.15) is 0 Å². The number of rotatable bonds is 15. The monoisotopic (exact) mass is 1130 g/mol. The van der Waals surface area contributed by atoms with Crippen LogP contribution in [-0.2, 0) is 0 Å². The maximum Gasteiger partial charge on any atom is 0.179 e. The number of hydrogen-bond donors (Lipinski definition) is 0. The van der Waals surface area contributed by atoms with E-state index in [1.165, 1.54) is 41.5 Å². The summed E-state index contributed by atoms with van der Waals surface area (Å²) >= 11 is 0. The van der Waals surface area contributed by atoms with Crippen molar-refractivity contribution in [2.24, 2.45) is 0 Å². The molecule has 0 fully saturated rings. The Hall–Kier alpha value is -10.8. The first-order chi connectivity index (χ1) is 42.6. The number of hydrogen-bond acceptors (Lipinski definition) is 5. The van der Waals surface area contributed by atoms with Crippen molar-refractivity contribution in [2.45, 2.75) is 0 Å². The van der Waals surface area contributed by atoms with E-state index in [0.717, 1.165) is 55.9 Å². The number of nitrogens with zero attached hydrogens (tertiary/aromatic N) is 5. The molecular formula is C79H57N5Si2. The topological polar surface area (TPSA) is 64.5 Å². The molecule has 2 heterocycles. The summed E-state index contributed by atoms with van der Waals surface area (Å²) in [7, 11) is -5.69. The third-order valence-electron chi connectivity index (χ3n) is 16.4. The highest BCUT2D eigenvalue weighted by atomic mass is 28.3.